The van der Waals surface area contributed by atoms with Gasteiger partial charge in [-0.3, -0.25) is 14.4 Å². The zero-order valence-corrected chi connectivity index (χ0v) is 11.3. The molecular formula is C11H13ClN4O4. The number of hydrogen-bond acceptors (Lipinski definition) is 5. The first-order valence-corrected chi connectivity index (χ1v) is 5.93. The third-order valence-electron chi connectivity index (χ3n) is 2.17. The molecule has 3 amide bonds. The van der Waals surface area contributed by atoms with Gasteiger partial charge in [0.25, 0.3) is 5.91 Å². The number of carbonyl (C=O) groups excluding carboxylic acids is 3. The topological polar surface area (TPSA) is 137 Å². The van der Waals surface area contributed by atoms with Crippen LogP contribution in [0.3, 0.4) is 0 Å². The zero-order chi connectivity index (χ0) is 15.3. The molecule has 1 aromatic heterocycles. The van der Waals surface area contributed by atoms with E-state index in [4.69, 9.17) is 27.8 Å². The lowest BCUT2D eigenvalue weighted by Crippen LogP contribution is -2.52. The largest absolute Gasteiger partial charge is 0.478 e. The Labute approximate surface area is 119 Å². The number of nitrogens with two attached hydrogens (primary N) is 2. The second-order valence-corrected chi connectivity index (χ2v) is 4.03. The molecule has 0 fully saturated rings. The average Bonchev–Trinajstić information content (AvgIpc) is 2.37. The van der Waals surface area contributed by atoms with Crippen molar-refractivity contribution in [3.8, 4) is 5.88 Å². The lowest BCUT2D eigenvalue weighted by molar-refractivity contribution is -0.128. The Kier molecular flexibility index (Phi) is 5.27. The molecule has 9 heteroatoms. The number of pyridine rings is 1. The number of ether oxygens (including phenoxy) is 1. The predicted octanol–water partition coefficient (Wildman–Crippen LogP) is -0.797. The highest BCUT2D eigenvalue weighted by Gasteiger charge is 2.26. The number of amides is 3. The van der Waals surface area contributed by atoms with Gasteiger partial charge in [-0.1, -0.05) is 11.6 Å². The summed E-state index contributed by atoms with van der Waals surface area (Å²) >= 11 is 5.82. The molecule has 8 nitrogen and oxygen atoms in total. The Hall–Kier alpha value is -2.35. The van der Waals surface area contributed by atoms with Crippen molar-refractivity contribution in [2.45, 2.75) is 13.0 Å². The summed E-state index contributed by atoms with van der Waals surface area (Å²) in [7, 11) is 0. The van der Waals surface area contributed by atoms with Crippen molar-refractivity contribution in [2.24, 2.45) is 11.5 Å². The molecule has 20 heavy (non-hydrogen) atoms. The summed E-state index contributed by atoms with van der Waals surface area (Å²) in [5.41, 5.74) is 9.69. The van der Waals surface area contributed by atoms with Crippen LogP contribution in [-0.2, 0) is 9.59 Å². The molecule has 0 aliphatic rings. The number of nitrogens with zero attached hydrogens (tertiary/aromatic N) is 1. The van der Waals surface area contributed by atoms with Gasteiger partial charge in [-0.05, 0) is 13.0 Å². The van der Waals surface area contributed by atoms with Gasteiger partial charge in [-0.2, -0.15) is 0 Å². The van der Waals surface area contributed by atoms with Gasteiger partial charge in [-0.25, -0.2) is 4.98 Å². The lowest BCUT2D eigenvalue weighted by Gasteiger charge is -2.12. The Morgan fingerprint density at radius 2 is 1.95 bits per heavy atom. The van der Waals surface area contributed by atoms with Crippen LogP contribution in [0.2, 0.25) is 5.02 Å². The summed E-state index contributed by atoms with van der Waals surface area (Å²) < 4.78 is 5.12. The SMILES string of the molecule is CCOc1ccc(Cl)c(C(=O)NC(C(N)=O)C(N)=O)n1. The van der Waals surface area contributed by atoms with Crippen LogP contribution < -0.4 is 21.5 Å². The Morgan fingerprint density at radius 3 is 2.45 bits per heavy atom. The van der Waals surface area contributed by atoms with Crippen molar-refractivity contribution in [3.63, 3.8) is 0 Å². The molecular weight excluding hydrogens is 288 g/mol. The first-order valence-electron chi connectivity index (χ1n) is 5.55. The molecule has 0 saturated carbocycles. The van der Waals surface area contributed by atoms with Crippen LogP contribution in [0, 0.1) is 0 Å². The average molecular weight is 301 g/mol. The van der Waals surface area contributed by atoms with E-state index in [1.54, 1.807) is 6.92 Å². The molecule has 1 rings (SSSR count). The van der Waals surface area contributed by atoms with Crippen molar-refractivity contribution in [1.82, 2.24) is 10.3 Å². The van der Waals surface area contributed by atoms with Crippen molar-refractivity contribution >= 4 is 29.3 Å². The summed E-state index contributed by atoms with van der Waals surface area (Å²) in [6, 6.07) is 1.23. The Bertz CT molecular complexity index is 535. The van der Waals surface area contributed by atoms with Crippen LogP contribution in [-0.4, -0.2) is 35.4 Å². The van der Waals surface area contributed by atoms with E-state index in [9.17, 15) is 14.4 Å². The van der Waals surface area contributed by atoms with Crippen LogP contribution >= 0.6 is 11.6 Å². The van der Waals surface area contributed by atoms with E-state index in [1.165, 1.54) is 12.1 Å². The number of nitrogens with one attached hydrogen (secondary N) is 1. The summed E-state index contributed by atoms with van der Waals surface area (Å²) in [6.07, 6.45) is 0. The Balaban J connectivity index is 2.99. The van der Waals surface area contributed by atoms with Gasteiger partial charge in [0.2, 0.25) is 17.7 Å². The van der Waals surface area contributed by atoms with Gasteiger partial charge in [0.1, 0.15) is 0 Å². The van der Waals surface area contributed by atoms with Crippen LogP contribution in [0.5, 0.6) is 5.88 Å². The number of aromatic nitrogens is 1. The van der Waals surface area contributed by atoms with Crippen LogP contribution in [0.15, 0.2) is 12.1 Å². The Morgan fingerprint density at radius 1 is 1.35 bits per heavy atom. The summed E-state index contributed by atoms with van der Waals surface area (Å²) in [6.45, 7) is 2.09. The maximum absolute atomic E-state index is 11.9. The van der Waals surface area contributed by atoms with Crippen LogP contribution in [0.1, 0.15) is 17.4 Å². The molecule has 0 bridgehead atoms. The summed E-state index contributed by atoms with van der Waals surface area (Å²) in [5.74, 6) is -2.85. The minimum Gasteiger partial charge on any atom is -0.478 e. The smallest absolute Gasteiger partial charge is 0.272 e. The minimum atomic E-state index is -1.64. The van der Waals surface area contributed by atoms with E-state index in [2.05, 4.69) is 10.3 Å². The standard InChI is InChI=1S/C11H13ClN4O4/c1-2-20-6-4-3-5(12)7(15-6)11(19)16-8(9(13)17)10(14)18/h3-4,8H,2H2,1H3,(H2,13,17)(H2,14,18)(H,16,19). The molecule has 0 atom stereocenters. The van der Waals surface area contributed by atoms with Gasteiger partial charge in [0.15, 0.2) is 11.7 Å². The maximum Gasteiger partial charge on any atom is 0.272 e. The van der Waals surface area contributed by atoms with Crippen molar-refractivity contribution in [3.05, 3.63) is 22.8 Å². The van der Waals surface area contributed by atoms with Gasteiger partial charge in [0, 0.05) is 6.07 Å². The van der Waals surface area contributed by atoms with Gasteiger partial charge >= 0.3 is 0 Å². The lowest BCUT2D eigenvalue weighted by atomic mass is 10.2. The minimum absolute atomic E-state index is 0.0265. The van der Waals surface area contributed by atoms with Gasteiger partial charge in [0.05, 0.1) is 11.6 Å². The van der Waals surface area contributed by atoms with E-state index < -0.39 is 23.8 Å². The first kappa shape index (κ1) is 15.7. The fraction of sp³-hybridized carbons (Fsp3) is 0.273. The normalized spacial score (nSPS) is 10.2. The van der Waals surface area contributed by atoms with E-state index in [0.717, 1.165) is 0 Å². The molecule has 0 spiro atoms. The quantitative estimate of drug-likeness (QED) is 0.591. The molecule has 0 aromatic carbocycles. The number of halogens is 1. The molecule has 5 N–H and O–H groups in total. The third kappa shape index (κ3) is 3.82. The summed E-state index contributed by atoms with van der Waals surface area (Å²) in [4.78, 5) is 37.8. The first-order chi connectivity index (χ1) is 9.36. The number of carbonyl (C=O) groups is 3. The molecule has 0 radical (unpaired) electrons. The van der Waals surface area contributed by atoms with Crippen LogP contribution in [0.4, 0.5) is 0 Å². The van der Waals surface area contributed by atoms with E-state index in [-0.39, 0.29) is 16.6 Å². The van der Waals surface area contributed by atoms with Crippen molar-refractivity contribution in [2.75, 3.05) is 6.61 Å². The van der Waals surface area contributed by atoms with Crippen molar-refractivity contribution < 1.29 is 19.1 Å². The number of rotatable bonds is 6. The molecule has 0 unspecified atom stereocenters. The molecule has 1 heterocycles. The number of hydrogen-bond donors (Lipinski definition) is 3. The number of primary amides is 2. The monoisotopic (exact) mass is 300 g/mol. The van der Waals surface area contributed by atoms with E-state index in [0.29, 0.717) is 6.61 Å². The second kappa shape index (κ2) is 6.71. The van der Waals surface area contributed by atoms with Gasteiger partial charge < -0.3 is 21.5 Å². The third-order valence-corrected chi connectivity index (χ3v) is 2.48. The van der Waals surface area contributed by atoms with Gasteiger partial charge in [-0.15, -0.1) is 0 Å². The predicted molar refractivity (Wildman–Crippen MR) is 70.1 cm³/mol. The fourth-order valence-electron chi connectivity index (χ4n) is 1.29. The second-order valence-electron chi connectivity index (χ2n) is 3.62. The highest BCUT2D eigenvalue weighted by atomic mass is 35.5. The highest BCUT2D eigenvalue weighted by Crippen LogP contribution is 2.18. The summed E-state index contributed by atoms with van der Waals surface area (Å²) in [5, 5.41) is 2.08. The van der Waals surface area contributed by atoms with E-state index >= 15 is 0 Å². The fourth-order valence-corrected chi connectivity index (χ4v) is 1.48. The van der Waals surface area contributed by atoms with Crippen LogP contribution in [0.25, 0.3) is 0 Å². The molecule has 0 aliphatic carbocycles. The van der Waals surface area contributed by atoms with E-state index in [1.807, 2.05) is 0 Å². The molecule has 0 aliphatic heterocycles. The molecule has 0 saturated heterocycles. The zero-order valence-electron chi connectivity index (χ0n) is 10.6. The molecule has 1 aromatic rings. The highest BCUT2D eigenvalue weighted by molar-refractivity contribution is 6.33. The molecule has 108 valence electrons. The maximum atomic E-state index is 11.9. The van der Waals surface area contributed by atoms with Crippen molar-refractivity contribution in [1.29, 1.82) is 0 Å².